The standard InChI is InChI=1S/C13H17N3O3/c1-8(2)12-5-10(16-19-12)7-14-13(17)6-11-4-9(3)15-18-11/h4-5,8H,6-7H2,1-3H3,(H,14,17). The Morgan fingerprint density at radius 1 is 1.32 bits per heavy atom. The fourth-order valence-electron chi connectivity index (χ4n) is 1.59. The average Bonchev–Trinajstić information content (AvgIpc) is 2.96. The molecule has 0 saturated heterocycles. The average molecular weight is 263 g/mol. The molecule has 1 N–H and O–H groups in total. The molecule has 0 fully saturated rings. The molecule has 0 aliphatic carbocycles. The lowest BCUT2D eigenvalue weighted by atomic mass is 10.1. The van der Waals surface area contributed by atoms with E-state index >= 15 is 0 Å². The second kappa shape index (κ2) is 5.69. The van der Waals surface area contributed by atoms with E-state index in [0.29, 0.717) is 18.0 Å². The molecule has 6 heteroatoms. The second-order valence-corrected chi connectivity index (χ2v) is 4.76. The van der Waals surface area contributed by atoms with Gasteiger partial charge in [0.1, 0.15) is 17.2 Å². The molecule has 0 radical (unpaired) electrons. The summed E-state index contributed by atoms with van der Waals surface area (Å²) in [6.45, 7) is 6.21. The van der Waals surface area contributed by atoms with Gasteiger partial charge in [-0.2, -0.15) is 0 Å². The van der Waals surface area contributed by atoms with Gasteiger partial charge in [-0.15, -0.1) is 0 Å². The normalized spacial score (nSPS) is 10.9. The molecule has 0 unspecified atom stereocenters. The highest BCUT2D eigenvalue weighted by molar-refractivity contribution is 5.77. The zero-order valence-corrected chi connectivity index (χ0v) is 11.3. The Labute approximate surface area is 111 Å². The minimum atomic E-state index is -0.134. The van der Waals surface area contributed by atoms with Crippen LogP contribution in [0, 0.1) is 6.92 Å². The maximum Gasteiger partial charge on any atom is 0.228 e. The predicted molar refractivity (Wildman–Crippen MR) is 67.4 cm³/mol. The highest BCUT2D eigenvalue weighted by Crippen LogP contribution is 2.14. The predicted octanol–water partition coefficient (Wildman–Crippen LogP) is 1.95. The fourth-order valence-corrected chi connectivity index (χ4v) is 1.59. The number of aryl methyl sites for hydroxylation is 1. The van der Waals surface area contributed by atoms with Crippen LogP contribution in [0.25, 0.3) is 0 Å². The van der Waals surface area contributed by atoms with Crippen molar-refractivity contribution in [1.82, 2.24) is 15.6 Å². The molecule has 0 bridgehead atoms. The molecule has 2 aromatic rings. The first kappa shape index (κ1) is 13.3. The first-order valence-corrected chi connectivity index (χ1v) is 6.19. The van der Waals surface area contributed by atoms with E-state index in [9.17, 15) is 4.79 Å². The summed E-state index contributed by atoms with van der Waals surface area (Å²) in [7, 11) is 0. The van der Waals surface area contributed by atoms with Crippen molar-refractivity contribution >= 4 is 5.91 Å². The van der Waals surface area contributed by atoms with Gasteiger partial charge in [0.05, 0.1) is 18.7 Å². The highest BCUT2D eigenvalue weighted by Gasteiger charge is 2.11. The van der Waals surface area contributed by atoms with Gasteiger partial charge in [-0.25, -0.2) is 0 Å². The summed E-state index contributed by atoms with van der Waals surface area (Å²) in [6, 6.07) is 3.59. The summed E-state index contributed by atoms with van der Waals surface area (Å²) >= 11 is 0. The molecule has 19 heavy (non-hydrogen) atoms. The molecule has 0 saturated carbocycles. The fraction of sp³-hybridized carbons (Fsp3) is 0.462. The maximum absolute atomic E-state index is 11.7. The molecule has 2 rings (SSSR count). The van der Waals surface area contributed by atoms with Gasteiger partial charge >= 0.3 is 0 Å². The van der Waals surface area contributed by atoms with E-state index in [-0.39, 0.29) is 18.2 Å². The van der Waals surface area contributed by atoms with Crippen LogP contribution in [0.2, 0.25) is 0 Å². The number of nitrogens with one attached hydrogen (secondary N) is 1. The van der Waals surface area contributed by atoms with Crippen molar-refractivity contribution in [2.75, 3.05) is 0 Å². The number of rotatable bonds is 5. The quantitative estimate of drug-likeness (QED) is 0.891. The van der Waals surface area contributed by atoms with Gasteiger partial charge in [0.25, 0.3) is 0 Å². The van der Waals surface area contributed by atoms with E-state index in [2.05, 4.69) is 15.6 Å². The molecule has 2 heterocycles. The third-order valence-electron chi connectivity index (χ3n) is 2.62. The Morgan fingerprint density at radius 2 is 2.11 bits per heavy atom. The number of nitrogens with zero attached hydrogens (tertiary/aromatic N) is 2. The monoisotopic (exact) mass is 263 g/mol. The van der Waals surface area contributed by atoms with Crippen molar-refractivity contribution in [3.8, 4) is 0 Å². The van der Waals surface area contributed by atoms with Crippen LogP contribution in [-0.2, 0) is 17.8 Å². The summed E-state index contributed by atoms with van der Waals surface area (Å²) in [5.41, 5.74) is 1.48. The van der Waals surface area contributed by atoms with Gasteiger partial charge < -0.3 is 14.4 Å². The molecule has 0 aliphatic heterocycles. The van der Waals surface area contributed by atoms with E-state index in [1.807, 2.05) is 26.8 Å². The SMILES string of the molecule is Cc1cc(CC(=O)NCc2cc(C(C)C)on2)on1. The summed E-state index contributed by atoms with van der Waals surface area (Å²) < 4.78 is 10.1. The van der Waals surface area contributed by atoms with Crippen molar-refractivity contribution in [3.63, 3.8) is 0 Å². The number of carbonyl (C=O) groups is 1. The Bertz CT molecular complexity index is 557. The van der Waals surface area contributed by atoms with Crippen LogP contribution < -0.4 is 5.32 Å². The number of hydrogen-bond donors (Lipinski definition) is 1. The van der Waals surface area contributed by atoms with Crippen LogP contribution in [-0.4, -0.2) is 16.2 Å². The molecule has 0 spiro atoms. The summed E-state index contributed by atoms with van der Waals surface area (Å²) in [4.78, 5) is 11.7. The van der Waals surface area contributed by atoms with Gasteiger partial charge in [-0.1, -0.05) is 24.2 Å². The van der Waals surface area contributed by atoms with E-state index < -0.39 is 0 Å². The molecule has 1 amide bonds. The first-order valence-electron chi connectivity index (χ1n) is 6.19. The zero-order chi connectivity index (χ0) is 13.8. The third-order valence-corrected chi connectivity index (χ3v) is 2.62. The number of aromatic nitrogens is 2. The van der Waals surface area contributed by atoms with Gasteiger partial charge in [0, 0.05) is 18.1 Å². The molecule has 6 nitrogen and oxygen atoms in total. The summed E-state index contributed by atoms with van der Waals surface area (Å²) in [6.07, 6.45) is 0.176. The highest BCUT2D eigenvalue weighted by atomic mass is 16.5. The van der Waals surface area contributed by atoms with Crippen molar-refractivity contribution in [2.24, 2.45) is 0 Å². The van der Waals surface area contributed by atoms with Gasteiger partial charge in [-0.3, -0.25) is 4.79 Å². The molecule has 0 aliphatic rings. The molecule has 0 atom stereocenters. The Hall–Kier alpha value is -2.11. The van der Waals surface area contributed by atoms with Gasteiger partial charge in [-0.05, 0) is 6.92 Å². The number of carbonyl (C=O) groups excluding carboxylic acids is 1. The minimum absolute atomic E-state index is 0.134. The summed E-state index contributed by atoms with van der Waals surface area (Å²) in [5.74, 6) is 1.52. The Kier molecular flexibility index (Phi) is 3.99. The van der Waals surface area contributed by atoms with E-state index in [0.717, 1.165) is 11.5 Å². The zero-order valence-electron chi connectivity index (χ0n) is 11.3. The molecule has 102 valence electrons. The third kappa shape index (κ3) is 3.67. The van der Waals surface area contributed by atoms with Crippen LogP contribution in [0.15, 0.2) is 21.2 Å². The summed E-state index contributed by atoms with van der Waals surface area (Å²) in [5, 5.41) is 10.4. The van der Waals surface area contributed by atoms with E-state index in [1.54, 1.807) is 6.07 Å². The maximum atomic E-state index is 11.7. The van der Waals surface area contributed by atoms with E-state index in [1.165, 1.54) is 0 Å². The van der Waals surface area contributed by atoms with Gasteiger partial charge in [0.15, 0.2) is 0 Å². The smallest absolute Gasteiger partial charge is 0.228 e. The van der Waals surface area contributed by atoms with Crippen LogP contribution in [0.3, 0.4) is 0 Å². The molecular weight excluding hydrogens is 246 g/mol. The Morgan fingerprint density at radius 3 is 2.68 bits per heavy atom. The molecule has 2 aromatic heterocycles. The minimum Gasteiger partial charge on any atom is -0.361 e. The Balaban J connectivity index is 1.82. The first-order chi connectivity index (χ1) is 9.04. The number of amides is 1. The van der Waals surface area contributed by atoms with Crippen LogP contribution in [0.1, 0.15) is 42.7 Å². The molecular formula is C13H17N3O3. The van der Waals surface area contributed by atoms with Crippen molar-refractivity contribution in [1.29, 1.82) is 0 Å². The van der Waals surface area contributed by atoms with Crippen molar-refractivity contribution in [3.05, 3.63) is 35.0 Å². The van der Waals surface area contributed by atoms with Crippen LogP contribution >= 0.6 is 0 Å². The lowest BCUT2D eigenvalue weighted by molar-refractivity contribution is -0.120. The lowest BCUT2D eigenvalue weighted by Crippen LogP contribution is -2.24. The van der Waals surface area contributed by atoms with Crippen LogP contribution in [0.5, 0.6) is 0 Å². The second-order valence-electron chi connectivity index (χ2n) is 4.76. The van der Waals surface area contributed by atoms with Crippen LogP contribution in [0.4, 0.5) is 0 Å². The number of hydrogen-bond acceptors (Lipinski definition) is 5. The van der Waals surface area contributed by atoms with Crippen molar-refractivity contribution < 1.29 is 13.8 Å². The molecule has 0 aromatic carbocycles. The lowest BCUT2D eigenvalue weighted by Gasteiger charge is -1.99. The largest absolute Gasteiger partial charge is 0.361 e. The van der Waals surface area contributed by atoms with Crippen molar-refractivity contribution in [2.45, 2.75) is 39.7 Å². The topological polar surface area (TPSA) is 81.2 Å². The van der Waals surface area contributed by atoms with E-state index in [4.69, 9.17) is 9.05 Å². The van der Waals surface area contributed by atoms with Gasteiger partial charge in [0.2, 0.25) is 5.91 Å².